The van der Waals surface area contributed by atoms with Crippen LogP contribution in [-0.2, 0) is 17.9 Å². The average molecular weight is 260 g/mol. The summed E-state index contributed by atoms with van der Waals surface area (Å²) in [7, 11) is 0. The average Bonchev–Trinajstić information content (AvgIpc) is 2.91. The number of carbonyl (C=O) groups is 1. The molecule has 19 heavy (non-hydrogen) atoms. The Balaban J connectivity index is 1.65. The predicted molar refractivity (Wildman–Crippen MR) is 71.9 cm³/mol. The molecule has 1 amide bonds. The van der Waals surface area contributed by atoms with Crippen LogP contribution in [0.15, 0.2) is 48.8 Å². The molecule has 0 aliphatic carbocycles. The van der Waals surface area contributed by atoms with Crippen molar-refractivity contribution >= 4 is 5.91 Å². The van der Waals surface area contributed by atoms with Gasteiger partial charge in [-0.2, -0.15) is 0 Å². The maximum atomic E-state index is 12.7. The molecule has 0 aliphatic rings. The number of aryl methyl sites for hydroxylation is 1. The zero-order chi connectivity index (χ0) is 13.5. The van der Waals surface area contributed by atoms with E-state index in [0.29, 0.717) is 13.0 Å². The van der Waals surface area contributed by atoms with Gasteiger partial charge in [0.05, 0.1) is 0 Å². The summed E-state index contributed by atoms with van der Waals surface area (Å²) in [5, 5.41) is 2.83. The molecular weight excluding hydrogens is 243 g/mol. The van der Waals surface area contributed by atoms with Crippen LogP contribution in [0.2, 0.25) is 0 Å². The third-order valence-corrected chi connectivity index (χ3v) is 2.89. The second-order valence-electron chi connectivity index (χ2n) is 4.43. The second-order valence-corrected chi connectivity index (χ2v) is 4.43. The molecule has 3 nitrogen and oxygen atoms in total. The van der Waals surface area contributed by atoms with E-state index in [-0.39, 0.29) is 11.7 Å². The largest absolute Gasteiger partial charge is 0.354 e. The normalized spacial score (nSPS) is 10.4. The van der Waals surface area contributed by atoms with Gasteiger partial charge in [-0.1, -0.05) is 12.1 Å². The summed E-state index contributed by atoms with van der Waals surface area (Å²) in [5.74, 6) is -0.238. The van der Waals surface area contributed by atoms with Gasteiger partial charge in [-0.15, -0.1) is 0 Å². The first-order valence-electron chi connectivity index (χ1n) is 6.36. The third kappa shape index (κ3) is 4.58. The molecule has 4 heteroatoms. The Bertz CT molecular complexity index is 505. The molecule has 1 N–H and O–H groups in total. The molecule has 0 saturated carbocycles. The van der Waals surface area contributed by atoms with Crippen LogP contribution in [0.4, 0.5) is 4.39 Å². The highest BCUT2D eigenvalue weighted by Gasteiger charge is 2.01. The van der Waals surface area contributed by atoms with Crippen LogP contribution in [-0.4, -0.2) is 10.5 Å². The fourth-order valence-electron chi connectivity index (χ4n) is 1.83. The van der Waals surface area contributed by atoms with E-state index in [1.165, 1.54) is 12.1 Å². The number of benzene rings is 1. The van der Waals surface area contributed by atoms with Crippen molar-refractivity contribution in [2.75, 3.05) is 0 Å². The SMILES string of the molecule is O=C(CCCn1cccc1)NCc1ccc(F)cc1. The van der Waals surface area contributed by atoms with Gasteiger partial charge in [0.15, 0.2) is 0 Å². The zero-order valence-corrected chi connectivity index (χ0v) is 10.7. The van der Waals surface area contributed by atoms with Crippen molar-refractivity contribution < 1.29 is 9.18 Å². The lowest BCUT2D eigenvalue weighted by Crippen LogP contribution is -2.22. The van der Waals surface area contributed by atoms with Gasteiger partial charge in [0.25, 0.3) is 0 Å². The van der Waals surface area contributed by atoms with Gasteiger partial charge >= 0.3 is 0 Å². The van der Waals surface area contributed by atoms with Crippen LogP contribution < -0.4 is 5.32 Å². The second kappa shape index (κ2) is 6.73. The summed E-state index contributed by atoms with van der Waals surface area (Å²) < 4.78 is 14.7. The molecule has 0 bridgehead atoms. The molecular formula is C15H17FN2O. The van der Waals surface area contributed by atoms with Gasteiger partial charge in [0, 0.05) is 31.9 Å². The highest BCUT2D eigenvalue weighted by atomic mass is 19.1. The minimum Gasteiger partial charge on any atom is -0.354 e. The Labute approximate surface area is 112 Å². The minimum absolute atomic E-state index is 0.0245. The van der Waals surface area contributed by atoms with Crippen molar-refractivity contribution in [1.29, 1.82) is 0 Å². The standard InChI is InChI=1S/C15H17FN2O/c16-14-7-5-13(6-8-14)12-17-15(19)4-3-11-18-9-1-2-10-18/h1-2,5-10H,3-4,11-12H2,(H,17,19). The molecule has 0 unspecified atom stereocenters. The van der Waals surface area contributed by atoms with Crippen molar-refractivity contribution in [3.8, 4) is 0 Å². The summed E-state index contributed by atoms with van der Waals surface area (Å²) >= 11 is 0. The first-order valence-corrected chi connectivity index (χ1v) is 6.36. The Kier molecular flexibility index (Phi) is 4.72. The highest BCUT2D eigenvalue weighted by molar-refractivity contribution is 5.75. The maximum Gasteiger partial charge on any atom is 0.220 e. The van der Waals surface area contributed by atoms with Crippen molar-refractivity contribution in [3.05, 3.63) is 60.2 Å². The molecule has 100 valence electrons. The lowest BCUT2D eigenvalue weighted by atomic mass is 10.2. The highest BCUT2D eigenvalue weighted by Crippen LogP contribution is 2.03. The number of nitrogens with one attached hydrogen (secondary N) is 1. The van der Waals surface area contributed by atoms with Crippen LogP contribution >= 0.6 is 0 Å². The fraction of sp³-hybridized carbons (Fsp3) is 0.267. The number of carbonyl (C=O) groups excluding carboxylic acids is 1. The molecule has 2 aromatic rings. The number of amides is 1. The van der Waals surface area contributed by atoms with Gasteiger partial charge < -0.3 is 9.88 Å². The van der Waals surface area contributed by atoms with E-state index < -0.39 is 0 Å². The number of aromatic nitrogens is 1. The van der Waals surface area contributed by atoms with Gasteiger partial charge in [-0.25, -0.2) is 4.39 Å². The molecule has 0 saturated heterocycles. The number of hydrogen-bond acceptors (Lipinski definition) is 1. The smallest absolute Gasteiger partial charge is 0.220 e. The van der Waals surface area contributed by atoms with Crippen LogP contribution in [0.25, 0.3) is 0 Å². The van der Waals surface area contributed by atoms with Gasteiger partial charge in [0.1, 0.15) is 5.82 Å². The number of halogens is 1. The Morgan fingerprint density at radius 1 is 1.16 bits per heavy atom. The van der Waals surface area contributed by atoms with E-state index in [4.69, 9.17) is 0 Å². The van der Waals surface area contributed by atoms with E-state index in [1.807, 2.05) is 29.1 Å². The summed E-state index contributed by atoms with van der Waals surface area (Å²) in [5.41, 5.74) is 0.903. The van der Waals surface area contributed by atoms with Crippen LogP contribution in [0.3, 0.4) is 0 Å². The molecule has 1 aromatic carbocycles. The van der Waals surface area contributed by atoms with Gasteiger partial charge in [0.2, 0.25) is 5.91 Å². The van der Waals surface area contributed by atoms with Crippen molar-refractivity contribution in [2.45, 2.75) is 25.9 Å². The van der Waals surface area contributed by atoms with E-state index >= 15 is 0 Å². The lowest BCUT2D eigenvalue weighted by molar-refractivity contribution is -0.121. The van der Waals surface area contributed by atoms with E-state index in [1.54, 1.807) is 12.1 Å². The van der Waals surface area contributed by atoms with Crippen LogP contribution in [0.1, 0.15) is 18.4 Å². The van der Waals surface area contributed by atoms with Crippen molar-refractivity contribution in [3.63, 3.8) is 0 Å². The lowest BCUT2D eigenvalue weighted by Gasteiger charge is -2.06. The molecule has 1 heterocycles. The predicted octanol–water partition coefficient (Wildman–Crippen LogP) is 2.72. The monoisotopic (exact) mass is 260 g/mol. The van der Waals surface area contributed by atoms with E-state index in [2.05, 4.69) is 5.32 Å². The Morgan fingerprint density at radius 2 is 1.84 bits per heavy atom. The van der Waals surface area contributed by atoms with Crippen molar-refractivity contribution in [1.82, 2.24) is 9.88 Å². The number of hydrogen-bond donors (Lipinski definition) is 1. The summed E-state index contributed by atoms with van der Waals surface area (Å²) in [6.45, 7) is 1.29. The first-order chi connectivity index (χ1) is 9.24. The molecule has 0 spiro atoms. The third-order valence-electron chi connectivity index (χ3n) is 2.89. The Morgan fingerprint density at radius 3 is 2.53 bits per heavy atom. The topological polar surface area (TPSA) is 34.0 Å². The summed E-state index contributed by atoms with van der Waals surface area (Å²) in [6, 6.07) is 10.1. The summed E-state index contributed by atoms with van der Waals surface area (Å²) in [6.07, 6.45) is 5.27. The fourth-order valence-corrected chi connectivity index (χ4v) is 1.83. The first kappa shape index (κ1) is 13.3. The van der Waals surface area contributed by atoms with Crippen molar-refractivity contribution in [2.24, 2.45) is 0 Å². The Hall–Kier alpha value is -2.10. The molecule has 2 rings (SSSR count). The molecule has 0 fully saturated rings. The maximum absolute atomic E-state index is 12.7. The summed E-state index contributed by atoms with van der Waals surface area (Å²) in [4.78, 5) is 11.6. The van der Waals surface area contributed by atoms with Gasteiger partial charge in [-0.05, 0) is 36.2 Å². The molecule has 0 aliphatic heterocycles. The van der Waals surface area contributed by atoms with E-state index in [0.717, 1.165) is 18.5 Å². The molecule has 0 radical (unpaired) electrons. The number of rotatable bonds is 6. The van der Waals surface area contributed by atoms with Crippen LogP contribution in [0, 0.1) is 5.82 Å². The minimum atomic E-state index is -0.262. The quantitative estimate of drug-likeness (QED) is 0.851. The van der Waals surface area contributed by atoms with Gasteiger partial charge in [-0.3, -0.25) is 4.79 Å². The van der Waals surface area contributed by atoms with E-state index in [9.17, 15) is 9.18 Å². The molecule has 0 atom stereocenters. The zero-order valence-electron chi connectivity index (χ0n) is 10.7. The number of nitrogens with zero attached hydrogens (tertiary/aromatic N) is 1. The van der Waals surface area contributed by atoms with Crippen LogP contribution in [0.5, 0.6) is 0 Å². The molecule has 1 aromatic heterocycles.